The summed E-state index contributed by atoms with van der Waals surface area (Å²) < 4.78 is 13.6. The van der Waals surface area contributed by atoms with E-state index < -0.39 is 16.4 Å². The van der Waals surface area contributed by atoms with Crippen LogP contribution >= 0.6 is 24.8 Å². The molecule has 1 saturated heterocycles. The number of piperidine rings is 1. The van der Waals surface area contributed by atoms with Gasteiger partial charge in [-0.25, -0.2) is 4.98 Å². The maximum absolute atomic E-state index is 13.6. The Kier molecular flexibility index (Phi) is 10.2. The van der Waals surface area contributed by atoms with Gasteiger partial charge < -0.3 is 16.0 Å². The third kappa shape index (κ3) is 6.65. The Bertz CT molecular complexity index is 858. The predicted octanol–water partition coefficient (Wildman–Crippen LogP) is 4.38. The van der Waals surface area contributed by atoms with Crippen molar-refractivity contribution in [1.29, 1.82) is 0 Å². The number of nitrogens with two attached hydrogens (primary N) is 1. The van der Waals surface area contributed by atoms with Gasteiger partial charge in [-0.3, -0.25) is 10.1 Å². The molecule has 166 valence electrons. The van der Waals surface area contributed by atoms with E-state index in [0.717, 1.165) is 68.8 Å². The summed E-state index contributed by atoms with van der Waals surface area (Å²) in [4.78, 5) is 21.5. The Labute approximate surface area is 187 Å². The van der Waals surface area contributed by atoms with Crippen LogP contribution in [0.5, 0.6) is 0 Å². The van der Waals surface area contributed by atoms with Crippen molar-refractivity contribution in [2.75, 3.05) is 23.3 Å². The van der Waals surface area contributed by atoms with E-state index in [1.165, 1.54) is 6.07 Å². The van der Waals surface area contributed by atoms with Gasteiger partial charge in [0.1, 0.15) is 5.82 Å². The van der Waals surface area contributed by atoms with Crippen LogP contribution in [0.4, 0.5) is 27.5 Å². The first-order chi connectivity index (χ1) is 13.5. The van der Waals surface area contributed by atoms with Gasteiger partial charge in [-0.2, -0.15) is 9.37 Å². The topological polar surface area (TPSA) is 110 Å². The molecule has 11 heteroatoms. The third-order valence-corrected chi connectivity index (χ3v) is 4.73. The number of halogens is 3. The maximum atomic E-state index is 13.6. The van der Waals surface area contributed by atoms with E-state index in [-0.39, 0.29) is 30.9 Å². The molecule has 0 aliphatic carbocycles. The third-order valence-electron chi connectivity index (χ3n) is 4.73. The SMILES string of the molecule is CCCCc1cc(N2CCC[C@@H](N)C2)nc(Nc2ccc(F)c([N+](=O)[O-])c2)n1.Cl.Cl. The number of anilines is 3. The van der Waals surface area contributed by atoms with Gasteiger partial charge in [0.15, 0.2) is 0 Å². The zero-order chi connectivity index (χ0) is 20.1. The first-order valence-corrected chi connectivity index (χ1v) is 9.55. The van der Waals surface area contributed by atoms with Crippen LogP contribution in [-0.4, -0.2) is 34.0 Å². The summed E-state index contributed by atoms with van der Waals surface area (Å²) in [6, 6.07) is 5.73. The minimum absolute atomic E-state index is 0. The summed E-state index contributed by atoms with van der Waals surface area (Å²) >= 11 is 0. The fourth-order valence-corrected chi connectivity index (χ4v) is 3.26. The van der Waals surface area contributed by atoms with Crippen molar-refractivity contribution in [3.8, 4) is 0 Å². The molecule has 1 aliphatic rings. The first kappa shape index (κ1) is 25.8. The average molecular weight is 461 g/mol. The van der Waals surface area contributed by atoms with Crippen LogP contribution in [-0.2, 0) is 6.42 Å². The predicted molar refractivity (Wildman–Crippen MR) is 121 cm³/mol. The lowest BCUT2D eigenvalue weighted by atomic mass is 10.1. The lowest BCUT2D eigenvalue weighted by Crippen LogP contribution is -2.43. The second kappa shape index (κ2) is 11.8. The largest absolute Gasteiger partial charge is 0.355 e. The molecule has 30 heavy (non-hydrogen) atoms. The fourth-order valence-electron chi connectivity index (χ4n) is 3.26. The number of unbranched alkanes of at least 4 members (excludes halogenated alkanes) is 1. The second-order valence-electron chi connectivity index (χ2n) is 7.04. The summed E-state index contributed by atoms with van der Waals surface area (Å²) in [6.45, 7) is 3.72. The number of nitrogens with one attached hydrogen (secondary N) is 1. The van der Waals surface area contributed by atoms with E-state index in [2.05, 4.69) is 27.1 Å². The Morgan fingerprint density at radius 3 is 2.77 bits per heavy atom. The molecule has 8 nitrogen and oxygen atoms in total. The summed E-state index contributed by atoms with van der Waals surface area (Å²) in [5.74, 6) is 0.246. The van der Waals surface area contributed by atoms with Crippen LogP contribution in [0.2, 0.25) is 0 Å². The van der Waals surface area contributed by atoms with Gasteiger partial charge in [0.25, 0.3) is 0 Å². The molecule has 1 atom stereocenters. The molecule has 1 aromatic heterocycles. The van der Waals surface area contributed by atoms with Gasteiger partial charge in [-0.15, -0.1) is 24.8 Å². The zero-order valence-corrected chi connectivity index (χ0v) is 18.3. The molecule has 0 saturated carbocycles. The van der Waals surface area contributed by atoms with Gasteiger partial charge in [-0.1, -0.05) is 13.3 Å². The van der Waals surface area contributed by atoms with Crippen molar-refractivity contribution in [2.24, 2.45) is 5.73 Å². The van der Waals surface area contributed by atoms with E-state index in [1.807, 2.05) is 6.07 Å². The maximum Gasteiger partial charge on any atom is 0.306 e. The fraction of sp³-hybridized carbons (Fsp3) is 0.474. The van der Waals surface area contributed by atoms with Gasteiger partial charge >= 0.3 is 5.69 Å². The van der Waals surface area contributed by atoms with Crippen LogP contribution < -0.4 is 16.0 Å². The summed E-state index contributed by atoms with van der Waals surface area (Å²) in [6.07, 6.45) is 4.85. The highest BCUT2D eigenvalue weighted by Gasteiger charge is 2.20. The van der Waals surface area contributed by atoms with E-state index in [4.69, 9.17) is 5.73 Å². The van der Waals surface area contributed by atoms with Gasteiger partial charge in [0.05, 0.1) is 4.92 Å². The molecule has 3 rings (SSSR count). The van der Waals surface area contributed by atoms with Crippen molar-refractivity contribution in [1.82, 2.24) is 9.97 Å². The first-order valence-electron chi connectivity index (χ1n) is 9.55. The number of nitrogens with zero attached hydrogens (tertiary/aromatic N) is 4. The Hall–Kier alpha value is -2.23. The minimum atomic E-state index is -0.879. The number of aromatic nitrogens is 2. The van der Waals surface area contributed by atoms with E-state index in [1.54, 1.807) is 0 Å². The van der Waals surface area contributed by atoms with E-state index in [9.17, 15) is 14.5 Å². The zero-order valence-electron chi connectivity index (χ0n) is 16.7. The highest BCUT2D eigenvalue weighted by molar-refractivity contribution is 5.85. The van der Waals surface area contributed by atoms with Crippen molar-refractivity contribution in [3.05, 3.63) is 45.9 Å². The molecule has 0 bridgehead atoms. The molecule has 1 aromatic carbocycles. The second-order valence-corrected chi connectivity index (χ2v) is 7.04. The standard InChI is InChI=1S/C19H25FN6O2.2ClH/c1-2-3-6-14-11-18(25-9-4-5-13(21)12-25)24-19(22-14)23-15-7-8-16(20)17(10-15)26(27)28;;/h7-8,10-11,13H,2-6,9,12,21H2,1H3,(H,22,23,24);2*1H/t13-;;/m1../s1. The molecule has 0 unspecified atom stereocenters. The Morgan fingerprint density at radius 1 is 1.33 bits per heavy atom. The summed E-state index contributed by atoms with van der Waals surface area (Å²) in [5.41, 5.74) is 6.77. The normalized spacial score (nSPS) is 15.7. The molecule has 3 N–H and O–H groups in total. The number of aryl methyl sites for hydroxylation is 1. The van der Waals surface area contributed by atoms with Crippen LogP contribution in [0.15, 0.2) is 24.3 Å². The molecular weight excluding hydrogens is 434 g/mol. The van der Waals surface area contributed by atoms with E-state index >= 15 is 0 Å². The monoisotopic (exact) mass is 460 g/mol. The number of nitro benzene ring substituents is 1. The molecule has 0 amide bonds. The van der Waals surface area contributed by atoms with Crippen molar-refractivity contribution >= 4 is 48.0 Å². The van der Waals surface area contributed by atoms with Gasteiger partial charge in [0.2, 0.25) is 11.8 Å². The molecule has 0 spiro atoms. The Balaban J connectivity index is 0.00000225. The number of rotatable bonds is 7. The molecule has 2 heterocycles. The van der Waals surface area contributed by atoms with Crippen molar-refractivity contribution in [2.45, 2.75) is 45.1 Å². The number of nitro groups is 1. The lowest BCUT2D eigenvalue weighted by molar-refractivity contribution is -0.387. The average Bonchev–Trinajstić information content (AvgIpc) is 2.67. The van der Waals surface area contributed by atoms with Crippen molar-refractivity contribution < 1.29 is 9.31 Å². The van der Waals surface area contributed by atoms with Crippen LogP contribution in [0, 0.1) is 15.9 Å². The van der Waals surface area contributed by atoms with Gasteiger partial charge in [0, 0.05) is 42.6 Å². The van der Waals surface area contributed by atoms with Gasteiger partial charge in [-0.05, 0) is 37.8 Å². The summed E-state index contributed by atoms with van der Waals surface area (Å²) in [7, 11) is 0. The Morgan fingerprint density at radius 2 is 2.10 bits per heavy atom. The van der Waals surface area contributed by atoms with Crippen LogP contribution in [0.1, 0.15) is 38.3 Å². The molecule has 2 aromatic rings. The number of hydrogen-bond donors (Lipinski definition) is 2. The molecule has 1 aliphatic heterocycles. The highest BCUT2D eigenvalue weighted by atomic mass is 35.5. The smallest absolute Gasteiger partial charge is 0.306 e. The van der Waals surface area contributed by atoms with Crippen LogP contribution in [0.3, 0.4) is 0 Å². The lowest BCUT2D eigenvalue weighted by Gasteiger charge is -2.32. The molecule has 1 fully saturated rings. The molecule has 0 radical (unpaired) electrons. The quantitative estimate of drug-likeness (QED) is 0.465. The molecular formula is C19H27Cl2FN6O2. The number of benzene rings is 1. The highest BCUT2D eigenvalue weighted by Crippen LogP contribution is 2.25. The van der Waals surface area contributed by atoms with Crippen LogP contribution in [0.25, 0.3) is 0 Å². The van der Waals surface area contributed by atoms with E-state index in [0.29, 0.717) is 11.6 Å². The summed E-state index contributed by atoms with van der Waals surface area (Å²) in [5, 5.41) is 14.0. The van der Waals surface area contributed by atoms with Crippen molar-refractivity contribution in [3.63, 3.8) is 0 Å². The number of hydrogen-bond acceptors (Lipinski definition) is 7. The minimum Gasteiger partial charge on any atom is -0.355 e.